The summed E-state index contributed by atoms with van der Waals surface area (Å²) in [5, 5.41) is 4.69. The SMILES string of the molecule is C=C(C)CNC(C)c1sc(C(C)(C)C)nc1C. The van der Waals surface area contributed by atoms with E-state index in [1.807, 2.05) is 18.3 Å². The molecular formula is C14H24N2S. The third-order valence-corrected chi connectivity index (χ3v) is 4.34. The summed E-state index contributed by atoms with van der Waals surface area (Å²) in [4.78, 5) is 6.03. The van der Waals surface area contributed by atoms with Crippen LogP contribution in [0.15, 0.2) is 12.2 Å². The molecule has 0 aliphatic rings. The summed E-state index contributed by atoms with van der Waals surface area (Å²) in [7, 11) is 0. The van der Waals surface area contributed by atoms with Crippen molar-refractivity contribution in [1.82, 2.24) is 10.3 Å². The molecule has 0 saturated heterocycles. The van der Waals surface area contributed by atoms with E-state index in [1.165, 1.54) is 9.88 Å². The Bertz CT molecular complexity index is 399. The van der Waals surface area contributed by atoms with E-state index < -0.39 is 0 Å². The molecule has 0 amide bonds. The minimum atomic E-state index is 0.141. The van der Waals surface area contributed by atoms with Crippen LogP contribution in [0.1, 0.15) is 56.2 Å². The summed E-state index contributed by atoms with van der Waals surface area (Å²) in [6, 6.07) is 0.347. The molecule has 3 heteroatoms. The third-order valence-electron chi connectivity index (χ3n) is 2.58. The van der Waals surface area contributed by atoms with Crippen LogP contribution in [0.2, 0.25) is 0 Å². The monoisotopic (exact) mass is 252 g/mol. The van der Waals surface area contributed by atoms with Gasteiger partial charge in [-0.25, -0.2) is 4.98 Å². The van der Waals surface area contributed by atoms with Gasteiger partial charge in [-0.05, 0) is 20.8 Å². The van der Waals surface area contributed by atoms with Gasteiger partial charge in [-0.1, -0.05) is 32.9 Å². The van der Waals surface area contributed by atoms with Crippen LogP contribution in [0.5, 0.6) is 0 Å². The summed E-state index contributed by atoms with van der Waals surface area (Å²) in [5.74, 6) is 0. The van der Waals surface area contributed by atoms with Crippen molar-refractivity contribution in [2.45, 2.75) is 53.0 Å². The van der Waals surface area contributed by atoms with E-state index in [0.29, 0.717) is 6.04 Å². The molecule has 0 spiro atoms. The average molecular weight is 252 g/mol. The Balaban J connectivity index is 2.84. The first kappa shape index (κ1) is 14.4. The van der Waals surface area contributed by atoms with Gasteiger partial charge in [0.15, 0.2) is 0 Å². The average Bonchev–Trinajstić information content (AvgIpc) is 2.56. The summed E-state index contributed by atoms with van der Waals surface area (Å²) < 4.78 is 0. The maximum absolute atomic E-state index is 4.69. The molecule has 0 fully saturated rings. The van der Waals surface area contributed by atoms with Crippen molar-refractivity contribution in [2.75, 3.05) is 6.54 Å². The van der Waals surface area contributed by atoms with Gasteiger partial charge < -0.3 is 5.32 Å². The standard InChI is InChI=1S/C14H24N2S/c1-9(2)8-15-10(3)12-11(4)16-13(17-12)14(5,6)7/h10,15H,1,8H2,2-7H3. The second-order valence-electron chi connectivity index (χ2n) is 5.78. The van der Waals surface area contributed by atoms with Gasteiger partial charge in [0.2, 0.25) is 0 Å². The largest absolute Gasteiger partial charge is 0.306 e. The predicted octanol–water partition coefficient (Wildman–Crippen LogP) is 3.98. The molecule has 0 aromatic carbocycles. The van der Waals surface area contributed by atoms with Crippen LogP contribution in [0.4, 0.5) is 0 Å². The number of hydrogen-bond donors (Lipinski definition) is 1. The lowest BCUT2D eigenvalue weighted by molar-refractivity contribution is 0.583. The number of nitrogens with one attached hydrogen (secondary N) is 1. The Hall–Kier alpha value is -0.670. The highest BCUT2D eigenvalue weighted by atomic mass is 32.1. The Morgan fingerprint density at radius 1 is 1.47 bits per heavy atom. The van der Waals surface area contributed by atoms with E-state index >= 15 is 0 Å². The molecule has 1 heterocycles. The predicted molar refractivity (Wildman–Crippen MR) is 76.8 cm³/mol. The summed E-state index contributed by atoms with van der Waals surface area (Å²) in [6.07, 6.45) is 0. The van der Waals surface area contributed by atoms with E-state index in [1.54, 1.807) is 0 Å². The van der Waals surface area contributed by atoms with Crippen molar-refractivity contribution in [3.05, 3.63) is 27.7 Å². The molecule has 1 aromatic heterocycles. The van der Waals surface area contributed by atoms with Gasteiger partial charge in [-0.3, -0.25) is 0 Å². The summed E-state index contributed by atoms with van der Waals surface area (Å²) in [6.45, 7) is 17.7. The topological polar surface area (TPSA) is 24.9 Å². The number of aromatic nitrogens is 1. The number of nitrogens with zero attached hydrogens (tertiary/aromatic N) is 1. The number of hydrogen-bond acceptors (Lipinski definition) is 3. The third kappa shape index (κ3) is 3.93. The van der Waals surface area contributed by atoms with E-state index in [9.17, 15) is 0 Å². The zero-order chi connectivity index (χ0) is 13.2. The van der Waals surface area contributed by atoms with Gasteiger partial charge in [-0.15, -0.1) is 11.3 Å². The van der Waals surface area contributed by atoms with E-state index in [2.05, 4.69) is 51.5 Å². The number of rotatable bonds is 4. The fourth-order valence-electron chi connectivity index (χ4n) is 1.55. The van der Waals surface area contributed by atoms with E-state index in [-0.39, 0.29) is 5.41 Å². The second kappa shape index (κ2) is 5.32. The van der Waals surface area contributed by atoms with Gasteiger partial charge >= 0.3 is 0 Å². The molecule has 96 valence electrons. The van der Waals surface area contributed by atoms with Crippen LogP contribution in [0.25, 0.3) is 0 Å². The lowest BCUT2D eigenvalue weighted by Gasteiger charge is -2.14. The molecule has 1 N–H and O–H groups in total. The molecule has 2 nitrogen and oxygen atoms in total. The maximum Gasteiger partial charge on any atom is 0.0985 e. The van der Waals surface area contributed by atoms with Crippen LogP contribution in [0, 0.1) is 6.92 Å². The second-order valence-corrected chi connectivity index (χ2v) is 6.81. The van der Waals surface area contributed by atoms with Gasteiger partial charge in [-0.2, -0.15) is 0 Å². The summed E-state index contributed by atoms with van der Waals surface area (Å²) >= 11 is 1.82. The first-order chi connectivity index (χ1) is 7.71. The molecule has 1 rings (SSSR count). The van der Waals surface area contributed by atoms with Crippen molar-refractivity contribution < 1.29 is 0 Å². The zero-order valence-corrected chi connectivity index (χ0v) is 12.7. The van der Waals surface area contributed by atoms with Crippen LogP contribution < -0.4 is 5.32 Å². The first-order valence-corrected chi connectivity index (χ1v) is 6.89. The molecule has 1 atom stereocenters. The Morgan fingerprint density at radius 3 is 2.47 bits per heavy atom. The Labute approximate surface area is 109 Å². The number of aryl methyl sites for hydroxylation is 1. The van der Waals surface area contributed by atoms with Crippen molar-refractivity contribution in [3.8, 4) is 0 Å². The van der Waals surface area contributed by atoms with Crippen LogP contribution in [-0.4, -0.2) is 11.5 Å². The highest BCUT2D eigenvalue weighted by Gasteiger charge is 2.22. The van der Waals surface area contributed by atoms with Gasteiger partial charge in [0.25, 0.3) is 0 Å². The lowest BCUT2D eigenvalue weighted by Crippen LogP contribution is -2.20. The highest BCUT2D eigenvalue weighted by Crippen LogP contribution is 2.32. The quantitative estimate of drug-likeness (QED) is 0.820. The highest BCUT2D eigenvalue weighted by molar-refractivity contribution is 7.12. The zero-order valence-electron chi connectivity index (χ0n) is 11.8. The molecule has 0 radical (unpaired) electrons. The molecule has 1 aromatic rings. The van der Waals surface area contributed by atoms with Gasteiger partial charge in [0.1, 0.15) is 0 Å². The van der Waals surface area contributed by atoms with E-state index in [4.69, 9.17) is 0 Å². The number of thiazole rings is 1. The van der Waals surface area contributed by atoms with Crippen molar-refractivity contribution in [1.29, 1.82) is 0 Å². The Morgan fingerprint density at radius 2 is 2.06 bits per heavy atom. The van der Waals surface area contributed by atoms with Crippen LogP contribution in [-0.2, 0) is 5.41 Å². The van der Waals surface area contributed by atoms with Crippen LogP contribution >= 0.6 is 11.3 Å². The summed E-state index contributed by atoms with van der Waals surface area (Å²) in [5.41, 5.74) is 2.46. The van der Waals surface area contributed by atoms with Gasteiger partial charge in [0, 0.05) is 22.9 Å². The minimum Gasteiger partial charge on any atom is -0.306 e. The molecule has 0 aliphatic heterocycles. The normalized spacial score (nSPS) is 13.8. The lowest BCUT2D eigenvalue weighted by atomic mass is 9.98. The van der Waals surface area contributed by atoms with Crippen molar-refractivity contribution in [2.24, 2.45) is 0 Å². The van der Waals surface area contributed by atoms with E-state index in [0.717, 1.165) is 17.8 Å². The Kier molecular flexibility index (Phi) is 4.50. The van der Waals surface area contributed by atoms with Gasteiger partial charge in [0.05, 0.1) is 10.7 Å². The molecule has 1 unspecified atom stereocenters. The molecule has 0 bridgehead atoms. The fourth-order valence-corrected chi connectivity index (χ4v) is 2.70. The molecule has 17 heavy (non-hydrogen) atoms. The first-order valence-electron chi connectivity index (χ1n) is 6.07. The van der Waals surface area contributed by atoms with Crippen LogP contribution in [0.3, 0.4) is 0 Å². The minimum absolute atomic E-state index is 0.141. The van der Waals surface area contributed by atoms with Crippen molar-refractivity contribution in [3.63, 3.8) is 0 Å². The fraction of sp³-hybridized carbons (Fsp3) is 0.643. The maximum atomic E-state index is 4.69. The molecule has 0 saturated carbocycles. The van der Waals surface area contributed by atoms with Crippen molar-refractivity contribution >= 4 is 11.3 Å². The molecule has 0 aliphatic carbocycles. The smallest absolute Gasteiger partial charge is 0.0985 e. The molecular weight excluding hydrogens is 228 g/mol.